The van der Waals surface area contributed by atoms with Gasteiger partial charge in [-0.25, -0.2) is 0 Å². The Morgan fingerprint density at radius 3 is 2.39 bits per heavy atom. The van der Waals surface area contributed by atoms with Gasteiger partial charge in [0.05, 0.1) is 14.2 Å². The molecule has 1 rings (SSSR count). The summed E-state index contributed by atoms with van der Waals surface area (Å²) in [5.74, 6) is -0.520. The Morgan fingerprint density at radius 1 is 1.22 bits per heavy atom. The summed E-state index contributed by atoms with van der Waals surface area (Å²) in [6, 6.07) is 5.20. The van der Waals surface area contributed by atoms with E-state index in [1.807, 2.05) is 0 Å². The second-order valence-electron chi connectivity index (χ2n) is 4.61. The summed E-state index contributed by atoms with van der Waals surface area (Å²) in [6.45, 7) is 1.48. The van der Waals surface area contributed by atoms with Crippen molar-refractivity contribution < 1.29 is 29.0 Å². The number of thioether (sulfide) groups is 1. The molecule has 8 heteroatoms. The van der Waals surface area contributed by atoms with E-state index < -0.39 is 17.1 Å². The number of nitrogens with one attached hydrogen (secondary N) is 1. The van der Waals surface area contributed by atoms with Gasteiger partial charge in [0.2, 0.25) is 5.91 Å². The molecule has 0 aliphatic heterocycles. The fourth-order valence-electron chi connectivity index (χ4n) is 1.81. The fourth-order valence-corrected chi connectivity index (χ4v) is 2.55. The smallest absolute Gasteiger partial charge is 0.317 e. The minimum Gasteiger partial charge on any atom is -0.493 e. The molecule has 23 heavy (non-hydrogen) atoms. The van der Waals surface area contributed by atoms with Gasteiger partial charge >= 0.3 is 5.97 Å². The van der Waals surface area contributed by atoms with Crippen LogP contribution in [0.25, 0.3) is 0 Å². The summed E-state index contributed by atoms with van der Waals surface area (Å²) in [6.07, 6.45) is -0.271. The topological polar surface area (TPSA) is 102 Å². The van der Waals surface area contributed by atoms with Gasteiger partial charge in [0.1, 0.15) is 5.25 Å². The standard InChI is InChI=1S/C15H19NO6S/c1-9(17)23-13(15(19)20)7-14(18)16-8-10-4-5-11(21-2)12(6-10)22-3/h4-6,13H,7-8H2,1-3H3,(H,16,18)(H,19,20)/t13-/m1/s1. The van der Waals surface area contributed by atoms with E-state index in [1.54, 1.807) is 18.2 Å². The van der Waals surface area contributed by atoms with E-state index in [-0.39, 0.29) is 18.1 Å². The Labute approximate surface area is 138 Å². The molecule has 0 aliphatic carbocycles. The van der Waals surface area contributed by atoms with Crippen LogP contribution in [0.4, 0.5) is 0 Å². The first kappa shape index (κ1) is 18.8. The lowest BCUT2D eigenvalue weighted by atomic mass is 10.2. The minimum atomic E-state index is -1.19. The van der Waals surface area contributed by atoms with Crippen LogP contribution in [-0.4, -0.2) is 41.6 Å². The molecule has 0 saturated heterocycles. The number of carboxylic acid groups (broad SMARTS) is 1. The molecule has 0 aromatic heterocycles. The highest BCUT2D eigenvalue weighted by molar-refractivity contribution is 8.14. The molecule has 0 heterocycles. The molecule has 0 unspecified atom stereocenters. The van der Waals surface area contributed by atoms with Gasteiger partial charge in [-0.2, -0.15) is 0 Å². The lowest BCUT2D eigenvalue weighted by Crippen LogP contribution is -2.30. The predicted molar refractivity (Wildman–Crippen MR) is 85.7 cm³/mol. The first-order valence-corrected chi connectivity index (χ1v) is 7.63. The second-order valence-corrected chi connectivity index (χ2v) is 5.99. The van der Waals surface area contributed by atoms with Crippen molar-refractivity contribution in [3.05, 3.63) is 23.8 Å². The number of rotatable bonds is 8. The fraction of sp³-hybridized carbons (Fsp3) is 0.400. The third kappa shape index (κ3) is 6.19. The summed E-state index contributed by atoms with van der Waals surface area (Å²) >= 11 is 0.633. The van der Waals surface area contributed by atoms with Crippen LogP contribution in [0.3, 0.4) is 0 Å². The van der Waals surface area contributed by atoms with Crippen molar-refractivity contribution in [1.29, 1.82) is 0 Å². The number of ether oxygens (including phenoxy) is 2. The van der Waals surface area contributed by atoms with E-state index in [2.05, 4.69) is 5.32 Å². The maximum Gasteiger partial charge on any atom is 0.317 e. The number of aliphatic carboxylic acids is 1. The number of methoxy groups -OCH3 is 2. The summed E-state index contributed by atoms with van der Waals surface area (Å²) in [7, 11) is 3.04. The molecular weight excluding hydrogens is 322 g/mol. The Balaban J connectivity index is 2.61. The maximum atomic E-state index is 11.8. The summed E-state index contributed by atoms with van der Waals surface area (Å²) in [4.78, 5) is 33.8. The molecular formula is C15H19NO6S. The van der Waals surface area contributed by atoms with Gasteiger partial charge in [0.25, 0.3) is 0 Å². The highest BCUT2D eigenvalue weighted by Gasteiger charge is 2.23. The molecule has 1 aromatic carbocycles. The van der Waals surface area contributed by atoms with Gasteiger partial charge in [-0.05, 0) is 17.7 Å². The van der Waals surface area contributed by atoms with Gasteiger partial charge in [0, 0.05) is 19.9 Å². The molecule has 0 spiro atoms. The Bertz CT molecular complexity index is 589. The van der Waals surface area contributed by atoms with Crippen LogP contribution < -0.4 is 14.8 Å². The number of hydrogen-bond donors (Lipinski definition) is 2. The number of amides is 1. The highest BCUT2D eigenvalue weighted by atomic mass is 32.2. The first-order valence-electron chi connectivity index (χ1n) is 6.75. The van der Waals surface area contributed by atoms with E-state index in [4.69, 9.17) is 14.6 Å². The molecule has 126 valence electrons. The van der Waals surface area contributed by atoms with Gasteiger partial charge in [-0.15, -0.1) is 0 Å². The van der Waals surface area contributed by atoms with E-state index >= 15 is 0 Å². The van der Waals surface area contributed by atoms with Crippen LogP contribution in [0.15, 0.2) is 18.2 Å². The Hall–Kier alpha value is -2.22. The molecule has 0 aliphatic rings. The van der Waals surface area contributed by atoms with Crippen molar-refractivity contribution in [2.45, 2.75) is 25.1 Å². The summed E-state index contributed by atoms with van der Waals surface area (Å²) in [5, 5.41) is 10.2. The van der Waals surface area contributed by atoms with Crippen molar-refractivity contribution >= 4 is 28.8 Å². The second kappa shape index (κ2) is 9.04. The zero-order valence-electron chi connectivity index (χ0n) is 13.1. The number of hydrogen-bond acceptors (Lipinski definition) is 6. The van der Waals surface area contributed by atoms with Crippen LogP contribution >= 0.6 is 11.8 Å². The van der Waals surface area contributed by atoms with Gasteiger partial charge in [0.15, 0.2) is 16.6 Å². The van der Waals surface area contributed by atoms with Crippen molar-refractivity contribution in [2.24, 2.45) is 0 Å². The molecule has 1 aromatic rings. The third-order valence-corrected chi connectivity index (χ3v) is 3.88. The predicted octanol–water partition coefficient (Wildman–Crippen LogP) is 1.44. The van der Waals surface area contributed by atoms with Crippen molar-refractivity contribution in [1.82, 2.24) is 5.32 Å². The van der Waals surface area contributed by atoms with Crippen LogP contribution in [-0.2, 0) is 20.9 Å². The van der Waals surface area contributed by atoms with E-state index in [0.717, 1.165) is 5.56 Å². The highest BCUT2D eigenvalue weighted by Crippen LogP contribution is 2.27. The van der Waals surface area contributed by atoms with Crippen LogP contribution in [0.5, 0.6) is 11.5 Å². The molecule has 2 N–H and O–H groups in total. The average molecular weight is 341 g/mol. The molecule has 1 atom stereocenters. The van der Waals surface area contributed by atoms with E-state index in [0.29, 0.717) is 23.3 Å². The molecule has 0 fully saturated rings. The van der Waals surface area contributed by atoms with Crippen molar-refractivity contribution in [3.63, 3.8) is 0 Å². The quantitative estimate of drug-likeness (QED) is 0.737. The largest absolute Gasteiger partial charge is 0.493 e. The Kier molecular flexibility index (Phi) is 7.40. The summed E-state index contributed by atoms with van der Waals surface area (Å²) in [5.41, 5.74) is 0.780. The zero-order valence-corrected chi connectivity index (χ0v) is 13.9. The monoisotopic (exact) mass is 341 g/mol. The van der Waals surface area contributed by atoms with Gasteiger partial charge in [-0.3, -0.25) is 14.4 Å². The lowest BCUT2D eigenvalue weighted by Gasteiger charge is -2.12. The average Bonchev–Trinajstić information content (AvgIpc) is 2.51. The SMILES string of the molecule is COc1ccc(CNC(=O)C[C@@H](SC(C)=O)C(=O)O)cc1OC. The maximum absolute atomic E-state index is 11.8. The van der Waals surface area contributed by atoms with Gasteiger partial charge in [-0.1, -0.05) is 17.8 Å². The normalized spacial score (nSPS) is 11.4. The Morgan fingerprint density at radius 2 is 1.87 bits per heavy atom. The zero-order chi connectivity index (χ0) is 17.4. The molecule has 7 nitrogen and oxygen atoms in total. The van der Waals surface area contributed by atoms with E-state index in [1.165, 1.54) is 21.1 Å². The van der Waals surface area contributed by atoms with Gasteiger partial charge < -0.3 is 19.9 Å². The van der Waals surface area contributed by atoms with Crippen LogP contribution in [0.1, 0.15) is 18.9 Å². The number of carboxylic acids is 1. The molecule has 1 amide bonds. The summed E-state index contributed by atoms with van der Waals surface area (Å²) < 4.78 is 10.3. The van der Waals surface area contributed by atoms with Crippen LogP contribution in [0.2, 0.25) is 0 Å². The molecule has 0 bridgehead atoms. The number of benzene rings is 1. The van der Waals surface area contributed by atoms with E-state index in [9.17, 15) is 14.4 Å². The van der Waals surface area contributed by atoms with Crippen LogP contribution in [0, 0.1) is 0 Å². The third-order valence-electron chi connectivity index (χ3n) is 2.89. The van der Waals surface area contributed by atoms with Crippen molar-refractivity contribution in [3.8, 4) is 11.5 Å². The number of carbonyl (C=O) groups excluding carboxylic acids is 2. The first-order chi connectivity index (χ1) is 10.9. The molecule has 0 radical (unpaired) electrons. The minimum absolute atomic E-state index is 0.219. The number of carbonyl (C=O) groups is 3. The van der Waals surface area contributed by atoms with Crippen molar-refractivity contribution in [2.75, 3.05) is 14.2 Å². The molecule has 0 saturated carbocycles. The lowest BCUT2D eigenvalue weighted by molar-refractivity contribution is -0.138.